The lowest BCUT2D eigenvalue weighted by molar-refractivity contribution is -0.142. The Labute approximate surface area is 198 Å². The van der Waals surface area contributed by atoms with Gasteiger partial charge in [-0.1, -0.05) is 17.7 Å². The quantitative estimate of drug-likeness (QED) is 0.550. The number of amides is 2. The molecule has 1 spiro atoms. The minimum atomic E-state index is -1.03. The van der Waals surface area contributed by atoms with E-state index in [1.165, 1.54) is 12.1 Å². The minimum Gasteiger partial charge on any atom is -0.342 e. The highest BCUT2D eigenvalue weighted by Gasteiger charge is 2.58. The molecule has 0 bridgehead atoms. The van der Waals surface area contributed by atoms with E-state index in [-0.39, 0.29) is 17.0 Å². The molecule has 3 aliphatic rings. The van der Waals surface area contributed by atoms with Crippen molar-refractivity contribution in [3.8, 4) is 0 Å². The largest absolute Gasteiger partial charge is 0.342 e. The summed E-state index contributed by atoms with van der Waals surface area (Å²) in [5.74, 6) is -1.76. The van der Waals surface area contributed by atoms with Crippen LogP contribution in [0.1, 0.15) is 47.8 Å². The van der Waals surface area contributed by atoms with Crippen LogP contribution in [-0.4, -0.2) is 55.9 Å². The van der Waals surface area contributed by atoms with Crippen LogP contribution >= 0.6 is 11.6 Å². The molecule has 3 saturated heterocycles. The van der Waals surface area contributed by atoms with Gasteiger partial charge in [0, 0.05) is 38.2 Å². The average Bonchev–Trinajstić information content (AvgIpc) is 3.44. The summed E-state index contributed by atoms with van der Waals surface area (Å²) >= 11 is 6.27. The zero-order chi connectivity index (χ0) is 23.6. The summed E-state index contributed by atoms with van der Waals surface area (Å²) in [5, 5.41) is 0.135. The van der Waals surface area contributed by atoms with E-state index in [0.717, 1.165) is 6.07 Å². The number of hydrogen-bond acceptors (Lipinski definition) is 4. The lowest BCUT2D eigenvalue weighted by Crippen LogP contribution is -2.51. The molecular weight excluding hydrogens is 466 g/mol. The van der Waals surface area contributed by atoms with Crippen LogP contribution in [0.25, 0.3) is 5.65 Å². The number of carbonyl (C=O) groups is 2. The normalized spacial score (nSPS) is 23.8. The number of aromatic nitrogens is 2. The molecule has 1 aromatic carbocycles. The van der Waals surface area contributed by atoms with Gasteiger partial charge in [-0.15, -0.1) is 0 Å². The standard InChI is InChI=1S/C24H21ClF2N4O3/c25-21-20(30-8-2-1-3-18(30)28-21)22(32)29-9-6-24(7-10-29)23(33)31-17(4-5-19(31)34-24)14-11-15(26)13-16(27)12-14/h1-3,8,11-13,17,19H,4-7,9-10H2/t17-,19?/m0/s1. The first-order valence-corrected chi connectivity index (χ1v) is 11.6. The van der Waals surface area contributed by atoms with E-state index in [2.05, 4.69) is 4.98 Å². The molecule has 3 fully saturated rings. The van der Waals surface area contributed by atoms with Crippen molar-refractivity contribution in [2.75, 3.05) is 13.1 Å². The summed E-state index contributed by atoms with van der Waals surface area (Å²) < 4.78 is 35.5. The summed E-state index contributed by atoms with van der Waals surface area (Å²) in [5.41, 5.74) is 0.276. The zero-order valence-corrected chi connectivity index (χ0v) is 18.8. The van der Waals surface area contributed by atoms with E-state index >= 15 is 0 Å². The van der Waals surface area contributed by atoms with Gasteiger partial charge in [0.15, 0.2) is 16.4 Å². The number of piperidine rings is 1. The second-order valence-electron chi connectivity index (χ2n) is 9.05. The first-order chi connectivity index (χ1) is 16.4. The highest BCUT2D eigenvalue weighted by Crippen LogP contribution is 2.47. The van der Waals surface area contributed by atoms with Crippen LogP contribution in [0.4, 0.5) is 8.78 Å². The number of likely N-dealkylation sites (tertiary alicyclic amines) is 1. The number of fused-ring (bicyclic) bond motifs is 2. The lowest BCUT2D eigenvalue weighted by atomic mass is 9.89. The Morgan fingerprint density at radius 2 is 1.85 bits per heavy atom. The highest BCUT2D eigenvalue weighted by molar-refractivity contribution is 6.32. The molecule has 10 heteroatoms. The first-order valence-electron chi connectivity index (χ1n) is 11.2. The van der Waals surface area contributed by atoms with Crippen molar-refractivity contribution in [2.24, 2.45) is 0 Å². The van der Waals surface area contributed by atoms with Crippen LogP contribution in [0.15, 0.2) is 42.6 Å². The predicted octanol–water partition coefficient (Wildman–Crippen LogP) is 3.96. The number of nitrogens with zero attached hydrogens (tertiary/aromatic N) is 4. The number of pyridine rings is 1. The lowest BCUT2D eigenvalue weighted by Gasteiger charge is -2.37. The van der Waals surface area contributed by atoms with E-state index in [9.17, 15) is 18.4 Å². The van der Waals surface area contributed by atoms with Crippen molar-refractivity contribution in [1.29, 1.82) is 0 Å². The summed E-state index contributed by atoms with van der Waals surface area (Å²) in [6.07, 6.45) is 3.15. The molecule has 5 heterocycles. The van der Waals surface area contributed by atoms with Crippen LogP contribution in [-0.2, 0) is 9.53 Å². The fourth-order valence-corrected chi connectivity index (χ4v) is 5.78. The van der Waals surface area contributed by atoms with Gasteiger partial charge in [-0.25, -0.2) is 13.8 Å². The molecule has 176 valence electrons. The van der Waals surface area contributed by atoms with Gasteiger partial charge in [-0.3, -0.25) is 14.0 Å². The third-order valence-electron chi connectivity index (χ3n) is 7.14. The summed E-state index contributed by atoms with van der Waals surface area (Å²) in [4.78, 5) is 34.3. The number of hydrogen-bond donors (Lipinski definition) is 0. The predicted molar refractivity (Wildman–Crippen MR) is 118 cm³/mol. The molecule has 3 aromatic rings. The van der Waals surface area contributed by atoms with Crippen molar-refractivity contribution in [3.63, 3.8) is 0 Å². The zero-order valence-electron chi connectivity index (χ0n) is 18.1. The van der Waals surface area contributed by atoms with Crippen molar-refractivity contribution in [2.45, 2.75) is 43.6 Å². The van der Waals surface area contributed by atoms with Crippen LogP contribution in [0.2, 0.25) is 5.15 Å². The third kappa shape index (κ3) is 3.21. The van der Waals surface area contributed by atoms with E-state index in [1.807, 2.05) is 6.07 Å². The molecule has 2 amide bonds. The molecule has 1 unspecified atom stereocenters. The Kier molecular flexibility index (Phi) is 4.90. The average molecular weight is 487 g/mol. The molecule has 34 heavy (non-hydrogen) atoms. The van der Waals surface area contributed by atoms with Gasteiger partial charge >= 0.3 is 0 Å². The molecule has 0 saturated carbocycles. The summed E-state index contributed by atoms with van der Waals surface area (Å²) in [6, 6.07) is 8.32. The van der Waals surface area contributed by atoms with Crippen LogP contribution < -0.4 is 0 Å². The molecule has 3 aliphatic heterocycles. The number of imidazole rings is 1. The van der Waals surface area contributed by atoms with Crippen LogP contribution in [0, 0.1) is 11.6 Å². The van der Waals surface area contributed by atoms with Gasteiger partial charge in [-0.2, -0.15) is 0 Å². The van der Waals surface area contributed by atoms with Gasteiger partial charge in [0.05, 0.1) is 6.04 Å². The molecule has 0 radical (unpaired) electrons. The molecule has 2 atom stereocenters. The van der Waals surface area contributed by atoms with E-state index in [0.29, 0.717) is 55.7 Å². The molecule has 0 N–H and O–H groups in total. The molecule has 6 rings (SSSR count). The van der Waals surface area contributed by atoms with Crippen molar-refractivity contribution in [3.05, 3.63) is 70.6 Å². The SMILES string of the molecule is O=C(c1c(Cl)nc2ccccn12)N1CCC2(CC1)OC1CC[C@@H](c3cc(F)cc(F)c3)N1C2=O. The maximum absolute atomic E-state index is 13.8. The number of ether oxygens (including phenoxy) is 1. The van der Waals surface area contributed by atoms with E-state index in [4.69, 9.17) is 16.3 Å². The van der Waals surface area contributed by atoms with Gasteiger partial charge in [0.1, 0.15) is 23.5 Å². The first kappa shape index (κ1) is 21.5. The number of rotatable bonds is 2. The maximum Gasteiger partial charge on any atom is 0.274 e. The highest BCUT2D eigenvalue weighted by atomic mass is 35.5. The molecule has 7 nitrogen and oxygen atoms in total. The fourth-order valence-electron chi connectivity index (χ4n) is 5.52. The van der Waals surface area contributed by atoms with Gasteiger partial charge < -0.3 is 14.5 Å². The van der Waals surface area contributed by atoms with Crippen LogP contribution in [0.3, 0.4) is 0 Å². The fraction of sp³-hybridized carbons (Fsp3) is 0.375. The second kappa shape index (κ2) is 7.74. The monoisotopic (exact) mass is 486 g/mol. The van der Waals surface area contributed by atoms with Gasteiger partial charge in [0.2, 0.25) is 0 Å². The Morgan fingerprint density at radius 3 is 2.59 bits per heavy atom. The molecular formula is C24H21ClF2N4O3. The topological polar surface area (TPSA) is 67.2 Å². The van der Waals surface area contributed by atoms with E-state index < -0.39 is 29.5 Å². The van der Waals surface area contributed by atoms with Gasteiger partial charge in [0.25, 0.3) is 11.8 Å². The van der Waals surface area contributed by atoms with Crippen LogP contribution in [0.5, 0.6) is 0 Å². The third-order valence-corrected chi connectivity index (χ3v) is 7.40. The summed E-state index contributed by atoms with van der Waals surface area (Å²) in [6.45, 7) is 0.640. The number of carbonyl (C=O) groups excluding carboxylic acids is 2. The molecule has 0 aliphatic carbocycles. The van der Waals surface area contributed by atoms with Gasteiger partial charge in [-0.05, 0) is 42.7 Å². The minimum absolute atomic E-state index is 0.135. The maximum atomic E-state index is 13.8. The van der Waals surface area contributed by atoms with Crippen molar-refractivity contribution >= 4 is 29.1 Å². The van der Waals surface area contributed by atoms with Crippen molar-refractivity contribution in [1.82, 2.24) is 19.2 Å². The Morgan fingerprint density at radius 1 is 1.12 bits per heavy atom. The van der Waals surface area contributed by atoms with Crippen molar-refractivity contribution < 1.29 is 23.1 Å². The summed E-state index contributed by atoms with van der Waals surface area (Å²) in [7, 11) is 0. The molecule has 2 aromatic heterocycles. The smallest absolute Gasteiger partial charge is 0.274 e. The Bertz CT molecular complexity index is 1300. The number of halogens is 3. The van der Waals surface area contributed by atoms with E-state index in [1.54, 1.807) is 32.5 Å². The second-order valence-corrected chi connectivity index (χ2v) is 9.41. The Hall–Kier alpha value is -3.04. The number of benzene rings is 1. The Balaban J connectivity index is 1.21.